The Morgan fingerprint density at radius 3 is 2.89 bits per heavy atom. The number of amides is 1. The smallest absolute Gasteiger partial charge is 0.404 e. The number of carbonyl (C=O) groups is 1. The minimum absolute atomic E-state index is 0.0927. The molecule has 6 heteroatoms. The third-order valence-corrected chi connectivity index (χ3v) is 3.71. The van der Waals surface area contributed by atoms with Crippen LogP contribution in [-0.4, -0.2) is 36.3 Å². The number of aromatic nitrogens is 1. The highest BCUT2D eigenvalue weighted by Crippen LogP contribution is 2.46. The quantitative estimate of drug-likeness (QED) is 0.875. The number of nitrogens with one attached hydrogen (secondary N) is 1. The monoisotopic (exact) mass is 313 g/mol. The molecule has 1 amide bonds. The van der Waals surface area contributed by atoms with E-state index in [1.807, 2.05) is 19.3 Å². The van der Waals surface area contributed by atoms with Gasteiger partial charge in [-0.05, 0) is 34.8 Å². The van der Waals surface area contributed by atoms with Crippen molar-refractivity contribution in [3.8, 4) is 0 Å². The zero-order valence-electron chi connectivity index (χ0n) is 10.2. The molecule has 1 saturated carbocycles. The molecule has 0 atom stereocenters. The van der Waals surface area contributed by atoms with Crippen molar-refractivity contribution in [1.82, 2.24) is 10.3 Å². The fourth-order valence-corrected chi connectivity index (χ4v) is 2.39. The fraction of sp³-hybridized carbons (Fsp3) is 0.500. The van der Waals surface area contributed by atoms with E-state index in [-0.39, 0.29) is 5.41 Å². The maximum atomic E-state index is 10.5. The molecule has 18 heavy (non-hydrogen) atoms. The molecular formula is C12H16BrN3O2. The van der Waals surface area contributed by atoms with Crippen LogP contribution in [-0.2, 0) is 0 Å². The topological polar surface area (TPSA) is 65.5 Å². The largest absolute Gasteiger partial charge is 0.465 e. The molecule has 0 spiro atoms. The van der Waals surface area contributed by atoms with E-state index in [1.165, 1.54) is 0 Å². The number of hydrogen-bond donors (Lipinski definition) is 2. The minimum Gasteiger partial charge on any atom is -0.465 e. The van der Waals surface area contributed by atoms with E-state index in [9.17, 15) is 4.79 Å². The lowest BCUT2D eigenvalue weighted by atomic mass is 10.1. The van der Waals surface area contributed by atoms with Gasteiger partial charge in [0.2, 0.25) is 0 Å². The second-order valence-electron chi connectivity index (χ2n) is 4.88. The van der Waals surface area contributed by atoms with Crippen LogP contribution in [0, 0.1) is 5.41 Å². The molecule has 5 nitrogen and oxygen atoms in total. The summed E-state index contributed by atoms with van der Waals surface area (Å²) < 4.78 is 0.945. The van der Waals surface area contributed by atoms with Crippen LogP contribution in [0.3, 0.4) is 0 Å². The molecule has 2 N–H and O–H groups in total. The predicted octanol–water partition coefficient (Wildman–Crippen LogP) is 2.33. The van der Waals surface area contributed by atoms with Gasteiger partial charge >= 0.3 is 6.09 Å². The summed E-state index contributed by atoms with van der Waals surface area (Å²) in [6, 6.07) is 2.01. The standard InChI is InChI=1S/C12H16BrN3O2/c1-16(10-4-9(13)5-14-6-10)8-12(2-3-12)7-15-11(17)18/h4-6,15H,2-3,7-8H2,1H3,(H,17,18). The second kappa shape index (κ2) is 5.14. The molecule has 0 saturated heterocycles. The first-order chi connectivity index (χ1) is 8.51. The van der Waals surface area contributed by atoms with Gasteiger partial charge in [-0.2, -0.15) is 0 Å². The van der Waals surface area contributed by atoms with Crippen LogP contribution < -0.4 is 10.2 Å². The molecule has 0 aromatic carbocycles. The van der Waals surface area contributed by atoms with Crippen LogP contribution in [0.2, 0.25) is 0 Å². The summed E-state index contributed by atoms with van der Waals surface area (Å²) in [4.78, 5) is 16.8. The molecule has 2 rings (SSSR count). The van der Waals surface area contributed by atoms with Gasteiger partial charge in [-0.25, -0.2) is 4.79 Å². The minimum atomic E-state index is -0.951. The first-order valence-electron chi connectivity index (χ1n) is 5.79. The van der Waals surface area contributed by atoms with Crippen molar-refractivity contribution in [3.05, 3.63) is 22.9 Å². The number of hydrogen-bond acceptors (Lipinski definition) is 3. The Morgan fingerprint density at radius 1 is 1.61 bits per heavy atom. The summed E-state index contributed by atoms with van der Waals surface area (Å²) in [6.07, 6.45) is 4.74. The molecule has 1 aromatic heterocycles. The van der Waals surface area contributed by atoms with Gasteiger partial charge < -0.3 is 15.3 Å². The number of rotatable bonds is 5. The zero-order chi connectivity index (χ0) is 13.2. The number of pyridine rings is 1. The Morgan fingerprint density at radius 2 is 2.33 bits per heavy atom. The summed E-state index contributed by atoms with van der Waals surface area (Å²) >= 11 is 3.40. The normalized spacial score (nSPS) is 16.1. The van der Waals surface area contributed by atoms with Crippen LogP contribution in [0.15, 0.2) is 22.9 Å². The Hall–Kier alpha value is -1.30. The highest BCUT2D eigenvalue weighted by Gasteiger charge is 2.43. The lowest BCUT2D eigenvalue weighted by molar-refractivity contribution is 0.191. The molecule has 1 heterocycles. The average Bonchev–Trinajstić information content (AvgIpc) is 3.07. The van der Waals surface area contributed by atoms with E-state index in [0.717, 1.165) is 29.5 Å². The first-order valence-corrected chi connectivity index (χ1v) is 6.59. The number of halogens is 1. The van der Waals surface area contributed by atoms with E-state index < -0.39 is 6.09 Å². The first kappa shape index (κ1) is 13.1. The molecule has 0 aliphatic heterocycles. The lowest BCUT2D eigenvalue weighted by Crippen LogP contribution is -2.36. The van der Waals surface area contributed by atoms with E-state index in [0.29, 0.717) is 6.54 Å². The van der Waals surface area contributed by atoms with E-state index >= 15 is 0 Å². The van der Waals surface area contributed by atoms with Gasteiger partial charge in [0.05, 0.1) is 11.9 Å². The van der Waals surface area contributed by atoms with Gasteiger partial charge in [0.15, 0.2) is 0 Å². The fourth-order valence-electron chi connectivity index (χ4n) is 2.03. The summed E-state index contributed by atoms with van der Waals surface area (Å²) in [5.74, 6) is 0. The van der Waals surface area contributed by atoms with Crippen molar-refractivity contribution in [2.75, 3.05) is 25.0 Å². The number of carboxylic acid groups (broad SMARTS) is 1. The number of anilines is 1. The Kier molecular flexibility index (Phi) is 3.75. The molecule has 98 valence electrons. The van der Waals surface area contributed by atoms with Crippen molar-refractivity contribution in [2.45, 2.75) is 12.8 Å². The van der Waals surface area contributed by atoms with Gasteiger partial charge in [0, 0.05) is 36.2 Å². The maximum absolute atomic E-state index is 10.5. The van der Waals surface area contributed by atoms with Crippen molar-refractivity contribution in [2.24, 2.45) is 5.41 Å². The molecule has 1 aliphatic carbocycles. The molecular weight excluding hydrogens is 298 g/mol. The van der Waals surface area contributed by atoms with Gasteiger partial charge in [-0.15, -0.1) is 0 Å². The summed E-state index contributed by atoms with van der Waals surface area (Å²) in [5.41, 5.74) is 1.13. The highest BCUT2D eigenvalue weighted by atomic mass is 79.9. The van der Waals surface area contributed by atoms with E-state index in [2.05, 4.69) is 31.1 Å². The van der Waals surface area contributed by atoms with Gasteiger partial charge in [-0.1, -0.05) is 0 Å². The van der Waals surface area contributed by atoms with Gasteiger partial charge in [-0.3, -0.25) is 4.98 Å². The molecule has 0 bridgehead atoms. The summed E-state index contributed by atoms with van der Waals surface area (Å²) in [5, 5.41) is 11.1. The van der Waals surface area contributed by atoms with Crippen molar-refractivity contribution in [3.63, 3.8) is 0 Å². The van der Waals surface area contributed by atoms with Gasteiger partial charge in [0.25, 0.3) is 0 Å². The Balaban J connectivity index is 1.95. The summed E-state index contributed by atoms with van der Waals surface area (Å²) in [6.45, 7) is 1.36. The molecule has 0 radical (unpaired) electrons. The van der Waals surface area contributed by atoms with E-state index in [4.69, 9.17) is 5.11 Å². The van der Waals surface area contributed by atoms with Crippen molar-refractivity contribution < 1.29 is 9.90 Å². The van der Waals surface area contributed by atoms with Crippen molar-refractivity contribution in [1.29, 1.82) is 0 Å². The lowest BCUT2D eigenvalue weighted by Gasteiger charge is -2.25. The van der Waals surface area contributed by atoms with Crippen LogP contribution in [0.25, 0.3) is 0 Å². The number of nitrogens with zero attached hydrogens (tertiary/aromatic N) is 2. The third-order valence-electron chi connectivity index (χ3n) is 3.28. The molecule has 1 aliphatic rings. The zero-order valence-corrected chi connectivity index (χ0v) is 11.8. The molecule has 1 fully saturated rings. The van der Waals surface area contributed by atoms with Crippen LogP contribution >= 0.6 is 15.9 Å². The summed E-state index contributed by atoms with van der Waals surface area (Å²) in [7, 11) is 2.00. The van der Waals surface area contributed by atoms with E-state index in [1.54, 1.807) is 6.20 Å². The van der Waals surface area contributed by atoms with Crippen molar-refractivity contribution >= 4 is 27.7 Å². The van der Waals surface area contributed by atoms with Gasteiger partial charge in [0.1, 0.15) is 0 Å². The Labute approximate surface area is 114 Å². The van der Waals surface area contributed by atoms with Crippen LogP contribution in [0.4, 0.5) is 10.5 Å². The molecule has 0 unspecified atom stereocenters. The predicted molar refractivity (Wildman–Crippen MR) is 72.9 cm³/mol. The second-order valence-corrected chi connectivity index (χ2v) is 5.79. The van der Waals surface area contributed by atoms with Crippen LogP contribution in [0.5, 0.6) is 0 Å². The Bertz CT molecular complexity index is 449. The third kappa shape index (κ3) is 3.35. The maximum Gasteiger partial charge on any atom is 0.404 e. The highest BCUT2D eigenvalue weighted by molar-refractivity contribution is 9.10. The SMILES string of the molecule is CN(CC1(CNC(=O)O)CC1)c1cncc(Br)c1. The van der Waals surface area contributed by atoms with Crippen LogP contribution in [0.1, 0.15) is 12.8 Å². The molecule has 1 aromatic rings. The average molecular weight is 314 g/mol.